The molecule has 0 spiro atoms. The molecule has 1 heterocycles. The number of carboxylic acid groups (broad SMARTS) is 1. The van der Waals surface area contributed by atoms with Crippen molar-refractivity contribution in [2.75, 3.05) is 4.90 Å². The van der Waals surface area contributed by atoms with Gasteiger partial charge in [-0.25, -0.2) is 13.1 Å². The van der Waals surface area contributed by atoms with Crippen LogP contribution >= 0.6 is 0 Å². The van der Waals surface area contributed by atoms with Gasteiger partial charge in [-0.2, -0.15) is 0 Å². The number of aliphatic carboxylic acids is 1. The van der Waals surface area contributed by atoms with Crippen molar-refractivity contribution in [3.63, 3.8) is 0 Å². The van der Waals surface area contributed by atoms with Crippen molar-refractivity contribution in [1.29, 1.82) is 0 Å². The second kappa shape index (κ2) is 8.20. The number of carboxylic acids is 1. The van der Waals surface area contributed by atoms with Crippen LogP contribution in [0.5, 0.6) is 0 Å². The van der Waals surface area contributed by atoms with Gasteiger partial charge in [0.25, 0.3) is 0 Å². The molecule has 0 aliphatic carbocycles. The molecular formula is C22H26N2O5S. The van der Waals surface area contributed by atoms with Crippen LogP contribution in [0.25, 0.3) is 0 Å². The number of rotatable bonds is 6. The summed E-state index contributed by atoms with van der Waals surface area (Å²) in [5.74, 6) is -1.19. The van der Waals surface area contributed by atoms with Gasteiger partial charge in [0.2, 0.25) is 15.9 Å². The lowest BCUT2D eigenvalue weighted by Gasteiger charge is -2.21. The number of hydrogen-bond acceptors (Lipinski definition) is 4. The number of sulfonamides is 1. The van der Waals surface area contributed by atoms with Crippen LogP contribution in [0.2, 0.25) is 0 Å². The van der Waals surface area contributed by atoms with Crippen LogP contribution in [0.3, 0.4) is 0 Å². The van der Waals surface area contributed by atoms with E-state index in [-0.39, 0.29) is 23.3 Å². The van der Waals surface area contributed by atoms with Crippen LogP contribution in [0.15, 0.2) is 41.3 Å². The molecule has 0 aromatic heterocycles. The van der Waals surface area contributed by atoms with E-state index in [0.717, 1.165) is 16.7 Å². The average Bonchev–Trinajstić information content (AvgIpc) is 2.95. The normalized spacial score (nSPS) is 16.9. The van der Waals surface area contributed by atoms with Crippen LogP contribution < -0.4 is 9.62 Å². The summed E-state index contributed by atoms with van der Waals surface area (Å²) in [5, 5.41) is 9.32. The van der Waals surface area contributed by atoms with E-state index < -0.39 is 22.0 Å². The Balaban J connectivity index is 1.95. The first-order valence-corrected chi connectivity index (χ1v) is 11.2. The minimum absolute atomic E-state index is 0.0432. The zero-order valence-electron chi connectivity index (χ0n) is 17.5. The first kappa shape index (κ1) is 22.0. The Hall–Kier alpha value is -2.71. The van der Waals surface area contributed by atoms with E-state index in [1.54, 1.807) is 23.1 Å². The SMILES string of the molecule is CC(=O)N1c2ccc(S(=O)(=O)NC(CC(=O)O)c3ccc(C)cc3C)cc2CC1C. The summed E-state index contributed by atoms with van der Waals surface area (Å²) in [6, 6.07) is 9.21. The fraction of sp³-hybridized carbons (Fsp3) is 0.364. The number of nitrogens with zero attached hydrogens (tertiary/aromatic N) is 1. The van der Waals surface area contributed by atoms with E-state index in [9.17, 15) is 23.1 Å². The van der Waals surface area contributed by atoms with Crippen molar-refractivity contribution < 1.29 is 23.1 Å². The first-order chi connectivity index (χ1) is 14.0. The fourth-order valence-electron chi connectivity index (χ4n) is 4.12. The smallest absolute Gasteiger partial charge is 0.305 e. The molecular weight excluding hydrogens is 404 g/mol. The molecule has 0 fully saturated rings. The Morgan fingerprint density at radius 2 is 1.90 bits per heavy atom. The van der Waals surface area contributed by atoms with Crippen LogP contribution in [-0.2, 0) is 26.0 Å². The molecule has 2 N–H and O–H groups in total. The molecule has 0 radical (unpaired) electrons. The molecule has 2 atom stereocenters. The molecule has 2 aromatic carbocycles. The maximum atomic E-state index is 13.1. The highest BCUT2D eigenvalue weighted by atomic mass is 32.2. The Morgan fingerprint density at radius 1 is 1.20 bits per heavy atom. The molecule has 2 unspecified atom stereocenters. The largest absolute Gasteiger partial charge is 0.481 e. The monoisotopic (exact) mass is 430 g/mol. The summed E-state index contributed by atoms with van der Waals surface area (Å²) >= 11 is 0. The van der Waals surface area contributed by atoms with Crippen LogP contribution in [-0.4, -0.2) is 31.4 Å². The van der Waals surface area contributed by atoms with E-state index in [1.807, 2.05) is 32.9 Å². The highest BCUT2D eigenvalue weighted by molar-refractivity contribution is 7.89. The van der Waals surface area contributed by atoms with Gasteiger partial charge in [-0.3, -0.25) is 9.59 Å². The summed E-state index contributed by atoms with van der Waals surface area (Å²) in [7, 11) is -3.97. The van der Waals surface area contributed by atoms with E-state index >= 15 is 0 Å². The van der Waals surface area contributed by atoms with Gasteiger partial charge in [0.15, 0.2) is 0 Å². The lowest BCUT2D eigenvalue weighted by atomic mass is 9.98. The van der Waals surface area contributed by atoms with Gasteiger partial charge in [-0.15, -0.1) is 0 Å². The minimum Gasteiger partial charge on any atom is -0.481 e. The number of carbonyl (C=O) groups is 2. The van der Waals surface area contributed by atoms with Crippen molar-refractivity contribution >= 4 is 27.6 Å². The molecule has 2 aromatic rings. The number of anilines is 1. The Kier molecular flexibility index (Phi) is 6.01. The summed E-state index contributed by atoms with van der Waals surface area (Å²) in [6.07, 6.45) is 0.192. The zero-order chi connectivity index (χ0) is 22.2. The molecule has 1 aliphatic heterocycles. The van der Waals surface area contributed by atoms with Gasteiger partial charge < -0.3 is 10.0 Å². The molecule has 8 heteroatoms. The molecule has 0 bridgehead atoms. The Labute approximate surface area is 176 Å². The number of nitrogens with one attached hydrogen (secondary N) is 1. The van der Waals surface area contributed by atoms with E-state index in [2.05, 4.69) is 4.72 Å². The summed E-state index contributed by atoms with van der Waals surface area (Å²) < 4.78 is 28.7. The van der Waals surface area contributed by atoms with Crippen molar-refractivity contribution in [1.82, 2.24) is 4.72 Å². The van der Waals surface area contributed by atoms with Crippen molar-refractivity contribution in [3.8, 4) is 0 Å². The van der Waals surface area contributed by atoms with E-state index in [0.29, 0.717) is 17.7 Å². The van der Waals surface area contributed by atoms with Crippen molar-refractivity contribution in [2.24, 2.45) is 0 Å². The molecule has 30 heavy (non-hydrogen) atoms. The number of hydrogen-bond donors (Lipinski definition) is 2. The Morgan fingerprint density at radius 3 is 2.50 bits per heavy atom. The van der Waals surface area contributed by atoms with Gasteiger partial charge in [0.1, 0.15) is 0 Å². The fourth-order valence-corrected chi connectivity index (χ4v) is 5.38. The zero-order valence-corrected chi connectivity index (χ0v) is 18.3. The molecule has 160 valence electrons. The van der Waals surface area contributed by atoms with Gasteiger partial charge in [0, 0.05) is 18.7 Å². The highest BCUT2D eigenvalue weighted by Gasteiger charge is 2.31. The maximum absolute atomic E-state index is 13.1. The Bertz CT molecular complexity index is 1110. The third-order valence-electron chi connectivity index (χ3n) is 5.39. The molecule has 0 saturated carbocycles. The van der Waals surface area contributed by atoms with Gasteiger partial charge >= 0.3 is 5.97 Å². The average molecular weight is 431 g/mol. The number of benzene rings is 2. The van der Waals surface area contributed by atoms with Crippen LogP contribution in [0.4, 0.5) is 5.69 Å². The molecule has 7 nitrogen and oxygen atoms in total. The van der Waals surface area contributed by atoms with Crippen LogP contribution in [0.1, 0.15) is 48.6 Å². The van der Waals surface area contributed by atoms with Gasteiger partial charge in [0.05, 0.1) is 17.4 Å². The molecule has 1 amide bonds. The predicted octanol–water partition coefficient (Wildman–Crippen LogP) is 3.10. The summed E-state index contributed by atoms with van der Waals surface area (Å²) in [6.45, 7) is 7.15. The molecule has 1 aliphatic rings. The first-order valence-electron chi connectivity index (χ1n) is 9.73. The van der Waals surface area contributed by atoms with Gasteiger partial charge in [-0.05, 0) is 62.1 Å². The van der Waals surface area contributed by atoms with Crippen molar-refractivity contribution in [2.45, 2.75) is 57.5 Å². The lowest BCUT2D eigenvalue weighted by Crippen LogP contribution is -2.33. The number of aryl methyl sites for hydroxylation is 2. The number of fused-ring (bicyclic) bond motifs is 1. The van der Waals surface area contributed by atoms with E-state index in [4.69, 9.17) is 0 Å². The number of carbonyl (C=O) groups excluding carboxylic acids is 1. The maximum Gasteiger partial charge on any atom is 0.305 e. The standard InChI is InChI=1S/C22H26N2O5S/c1-13-5-7-19(14(2)9-13)20(12-22(26)27)23-30(28,29)18-6-8-21-17(11-18)10-15(3)24(21)16(4)25/h5-9,11,15,20,23H,10,12H2,1-4H3,(H,26,27). The second-order valence-corrected chi connectivity index (χ2v) is 9.58. The third-order valence-corrected chi connectivity index (χ3v) is 6.86. The van der Waals surface area contributed by atoms with Gasteiger partial charge in [-0.1, -0.05) is 23.8 Å². The predicted molar refractivity (Wildman–Crippen MR) is 114 cm³/mol. The van der Waals surface area contributed by atoms with Crippen LogP contribution in [0, 0.1) is 13.8 Å². The minimum atomic E-state index is -3.97. The lowest BCUT2D eigenvalue weighted by molar-refractivity contribution is -0.137. The summed E-state index contributed by atoms with van der Waals surface area (Å²) in [4.78, 5) is 25.0. The highest BCUT2D eigenvalue weighted by Crippen LogP contribution is 2.34. The quantitative estimate of drug-likeness (QED) is 0.733. The molecule has 3 rings (SSSR count). The number of amides is 1. The van der Waals surface area contributed by atoms with E-state index in [1.165, 1.54) is 13.0 Å². The second-order valence-electron chi connectivity index (χ2n) is 7.86. The third kappa shape index (κ3) is 4.39. The topological polar surface area (TPSA) is 104 Å². The summed E-state index contributed by atoms with van der Waals surface area (Å²) in [5.41, 5.74) is 3.95. The van der Waals surface area contributed by atoms with Crippen molar-refractivity contribution in [3.05, 3.63) is 58.7 Å². The molecule has 0 saturated heterocycles.